The van der Waals surface area contributed by atoms with Crippen molar-refractivity contribution in [2.75, 3.05) is 0 Å². The van der Waals surface area contributed by atoms with Gasteiger partial charge >= 0.3 is 27.0 Å². The van der Waals surface area contributed by atoms with Gasteiger partial charge in [0.25, 0.3) is 0 Å². The minimum atomic E-state index is 0. The fraction of sp³-hybridized carbons (Fsp3) is 0.412. The van der Waals surface area contributed by atoms with Gasteiger partial charge in [0.15, 0.2) is 0 Å². The molecule has 5 heteroatoms. The second-order valence-electron chi connectivity index (χ2n) is 3.58. The predicted octanol–water partition coefficient (Wildman–Crippen LogP) is 5.02. The molecule has 2 nitrogen and oxygen atoms in total. The van der Waals surface area contributed by atoms with Crippen molar-refractivity contribution in [3.63, 3.8) is 0 Å². The Labute approximate surface area is 167 Å². The number of hydrogen-bond acceptors (Lipinski definition) is 2. The zero-order chi connectivity index (χ0) is 17.5. The van der Waals surface area contributed by atoms with Crippen molar-refractivity contribution < 1.29 is 43.2 Å². The van der Waals surface area contributed by atoms with Gasteiger partial charge in [-0.05, 0) is 0 Å². The van der Waals surface area contributed by atoms with Gasteiger partial charge in [0.1, 0.15) is 0 Å². The van der Waals surface area contributed by atoms with Gasteiger partial charge < -0.3 is 25.6 Å². The summed E-state index contributed by atoms with van der Waals surface area (Å²) in [5.41, 5.74) is 1.82. The topological polar surface area (TPSA) is 30.0 Å². The van der Waals surface area contributed by atoms with Crippen molar-refractivity contribution in [3.05, 3.63) is 57.3 Å². The Morgan fingerprint density at radius 2 is 1.45 bits per heavy atom. The maximum atomic E-state index is 7.75. The Balaban J connectivity index is -0.0000000638. The predicted molar refractivity (Wildman–Crippen MR) is 92.3 cm³/mol. The largest absolute Gasteiger partial charge is 0 e. The van der Waals surface area contributed by atoms with E-state index in [0.29, 0.717) is 0 Å². The first kappa shape index (κ1) is 33.8. The summed E-state index contributed by atoms with van der Waals surface area (Å²) in [5.74, 6) is 0. The third-order valence-corrected chi connectivity index (χ3v) is 1.83. The van der Waals surface area contributed by atoms with Crippen molar-refractivity contribution in [2.24, 2.45) is 0 Å². The van der Waals surface area contributed by atoms with Crippen LogP contribution in [0.3, 0.4) is 0 Å². The van der Waals surface area contributed by atoms with E-state index in [1.54, 1.807) is 17.3 Å². The molecule has 0 bridgehead atoms. The van der Waals surface area contributed by atoms with Crippen molar-refractivity contribution in [1.82, 2.24) is 4.98 Å². The number of aromatic nitrogens is 1. The summed E-state index contributed by atoms with van der Waals surface area (Å²) < 4.78 is 0. The van der Waals surface area contributed by atoms with Crippen molar-refractivity contribution in [3.8, 4) is 0 Å². The summed E-state index contributed by atoms with van der Waals surface area (Å²) in [4.78, 5) is 11.9. The number of carbonyl (C=O) groups excluding carboxylic acids is 1. The van der Waals surface area contributed by atoms with Gasteiger partial charge in [-0.15, -0.1) is 18.2 Å². The summed E-state index contributed by atoms with van der Waals surface area (Å²) in [7, 11) is 4.61. The van der Waals surface area contributed by atoms with E-state index < -0.39 is 0 Å². The summed E-state index contributed by atoms with van der Waals surface area (Å²) in [6.07, 6.45) is 5.30. The average Bonchev–Trinajstić information content (AvgIpc) is 2.58. The molecule has 0 saturated carbocycles. The van der Waals surface area contributed by atoms with E-state index in [1.165, 1.54) is 12.8 Å². The number of halogens is 1. The van der Waals surface area contributed by atoms with Gasteiger partial charge in [0.05, 0.1) is 0 Å². The molecule has 136 valence electrons. The van der Waals surface area contributed by atoms with E-state index in [0.717, 1.165) is 30.7 Å². The molecule has 0 unspecified atom stereocenters. The quantitative estimate of drug-likeness (QED) is 0.279. The Kier molecular flexibility index (Phi) is 57.6. The minimum Gasteiger partial charge on any atom is 0 e. The van der Waals surface area contributed by atoms with Crippen LogP contribution < -0.4 is 0 Å². The smallest absolute Gasteiger partial charge is 0 e. The van der Waals surface area contributed by atoms with Crippen molar-refractivity contribution >= 4 is 16.5 Å². The van der Waals surface area contributed by atoms with Gasteiger partial charge in [0, 0.05) is 26.8 Å². The van der Waals surface area contributed by atoms with Gasteiger partial charge in [-0.2, -0.15) is 18.9 Å². The number of hydrogen-bond donors (Lipinski definition) is 0. The molecule has 1 rings (SSSR count). The average molecular weight is 595 g/mol. The van der Waals surface area contributed by atoms with Crippen LogP contribution in [0, 0.1) is 27.7 Å². The Hall–Kier alpha value is 0.292. The summed E-state index contributed by atoms with van der Waals surface area (Å²) in [6.45, 7) is 22.1. The van der Waals surface area contributed by atoms with E-state index in [-0.39, 0.29) is 21.1 Å². The minimum absolute atomic E-state index is 0. The number of pyridine rings is 1. The van der Waals surface area contributed by atoms with Crippen molar-refractivity contribution in [2.45, 2.75) is 46.0 Å². The van der Waals surface area contributed by atoms with E-state index >= 15 is 0 Å². The molecule has 0 fully saturated rings. The van der Waals surface area contributed by atoms with Gasteiger partial charge in [0.2, 0.25) is 0 Å². The zero-order valence-electron chi connectivity index (χ0n) is 13.6. The third kappa shape index (κ3) is 37.0. The van der Waals surface area contributed by atoms with Crippen LogP contribution in [0.25, 0.3) is 0 Å². The van der Waals surface area contributed by atoms with Crippen LogP contribution in [-0.4, -0.2) is 11.8 Å². The van der Waals surface area contributed by atoms with Gasteiger partial charge in [-0.1, -0.05) is 32.8 Å². The molecule has 0 spiro atoms. The standard InChI is InChI=1S/C8H9N.2C4H9.CHO.ClH.Pt.Ru.H/c1-3-8-6-4-5-7(2)9-8;2*1-3-4-2;1-2;;;;/h4-6H,1-3H2;2*1,3-4H2,2H3;1H;1H;;;/q-2;3*-1;;;+3;/p-1. The molecule has 22 heavy (non-hydrogen) atoms. The molecule has 0 N–H and O–H groups in total. The Morgan fingerprint density at radius 1 is 1.09 bits per heavy atom. The molecular formula is C17H29ClNOPtRu-3. The zero-order valence-corrected chi connectivity index (χ0v) is 18.5. The van der Waals surface area contributed by atoms with E-state index in [2.05, 4.69) is 63.0 Å². The number of unbranched alkanes of at least 4 members (excludes halogenated alkanes) is 2. The maximum absolute atomic E-state index is 7.75. The van der Waals surface area contributed by atoms with Crippen LogP contribution >= 0.6 is 9.69 Å². The molecule has 0 aromatic carbocycles. The Bertz CT molecular complexity index is 271. The molecule has 0 saturated heterocycles. The Morgan fingerprint density at radius 3 is 1.64 bits per heavy atom. The normalized spacial score (nSPS) is 7.05. The van der Waals surface area contributed by atoms with Crippen LogP contribution in [0.1, 0.15) is 50.9 Å². The number of nitrogens with zero attached hydrogens (tertiary/aromatic N) is 1. The molecule has 0 atom stereocenters. The summed E-state index contributed by atoms with van der Waals surface area (Å²) in [5, 5.41) is 0. The van der Waals surface area contributed by atoms with E-state index in [9.17, 15) is 0 Å². The first-order chi connectivity index (χ1) is 10.2. The molecule has 1 heterocycles. The summed E-state index contributed by atoms with van der Waals surface area (Å²) >= 11 is 1.62. The van der Waals surface area contributed by atoms with Crippen LogP contribution in [0.2, 0.25) is 0 Å². The van der Waals surface area contributed by atoms with Gasteiger partial charge in [-0.3, -0.25) is 11.8 Å². The first-order valence-electron chi connectivity index (χ1n) is 6.69. The van der Waals surface area contributed by atoms with Crippen LogP contribution in [0.5, 0.6) is 0 Å². The van der Waals surface area contributed by atoms with Crippen LogP contribution in [0.4, 0.5) is 0 Å². The molecular weight excluding hydrogens is 566 g/mol. The first-order valence-corrected chi connectivity index (χ1v) is 9.08. The van der Waals surface area contributed by atoms with Crippen LogP contribution in [0.15, 0.2) is 18.2 Å². The molecule has 0 aliphatic rings. The van der Waals surface area contributed by atoms with E-state index in [4.69, 9.17) is 4.79 Å². The maximum Gasteiger partial charge on any atom is 0 e. The fourth-order valence-corrected chi connectivity index (χ4v) is 0.668. The molecule has 0 radical (unpaired) electrons. The number of rotatable bonds is 3. The van der Waals surface area contributed by atoms with Gasteiger partial charge in [-0.25, -0.2) is 6.92 Å². The molecule has 0 aliphatic carbocycles. The SMILES string of the molecule is [CH-]=O.[CH2-]CCC.[CH2-]CCC.[CH2-]Cc1cccc([CH2-])n1.[Cl][RuH+2].[Pt]. The monoisotopic (exact) mass is 595 g/mol. The second-order valence-corrected chi connectivity index (χ2v) is 3.58. The van der Waals surface area contributed by atoms with Crippen molar-refractivity contribution in [1.29, 1.82) is 0 Å². The summed E-state index contributed by atoms with van der Waals surface area (Å²) in [6, 6.07) is 5.76. The third-order valence-electron chi connectivity index (χ3n) is 1.83. The molecule has 0 aliphatic heterocycles. The second kappa shape index (κ2) is 37.5. The fourth-order valence-electron chi connectivity index (χ4n) is 0.668. The van der Waals surface area contributed by atoms with Crippen LogP contribution in [-0.2, 0) is 49.6 Å². The molecule has 0 amide bonds. The molecule has 1 aromatic rings. The van der Waals surface area contributed by atoms with E-state index in [1.807, 2.05) is 18.2 Å². The molecule has 1 aromatic heterocycles.